The van der Waals surface area contributed by atoms with Gasteiger partial charge < -0.3 is 9.64 Å². The minimum Gasteiger partial charge on any atom is -0.489 e. The van der Waals surface area contributed by atoms with Crippen molar-refractivity contribution in [3.8, 4) is 5.75 Å². The molecule has 0 radical (unpaired) electrons. The fourth-order valence-electron chi connectivity index (χ4n) is 5.00. The van der Waals surface area contributed by atoms with Gasteiger partial charge in [-0.25, -0.2) is 0 Å². The molecule has 0 aromatic carbocycles. The van der Waals surface area contributed by atoms with Gasteiger partial charge in [0.05, 0.1) is 6.20 Å². The molecule has 1 saturated carbocycles. The van der Waals surface area contributed by atoms with Gasteiger partial charge in [-0.05, 0) is 37.3 Å². The molecule has 1 aliphatic carbocycles. The molecule has 3 fully saturated rings. The Hall–Kier alpha value is -1.58. The third kappa shape index (κ3) is 3.42. The van der Waals surface area contributed by atoms with Crippen molar-refractivity contribution in [3.63, 3.8) is 0 Å². The highest BCUT2D eigenvalue weighted by Crippen LogP contribution is 2.38. The Balaban J connectivity index is 1.32. The van der Waals surface area contributed by atoms with Gasteiger partial charge in [-0.2, -0.15) is 0 Å². The Morgan fingerprint density at radius 1 is 1.17 bits per heavy atom. The molecule has 2 bridgehead atoms. The Morgan fingerprint density at radius 2 is 1.92 bits per heavy atom. The number of carbonyl (C=O) groups is 1. The van der Waals surface area contributed by atoms with Crippen molar-refractivity contribution in [1.29, 1.82) is 0 Å². The van der Waals surface area contributed by atoms with Crippen LogP contribution in [0.2, 0.25) is 0 Å². The highest BCUT2D eigenvalue weighted by Gasteiger charge is 2.43. The summed E-state index contributed by atoms with van der Waals surface area (Å²) in [5, 5.41) is 0. The molecule has 0 N–H and O–H groups in total. The first-order valence-electron chi connectivity index (χ1n) is 9.67. The lowest BCUT2D eigenvalue weighted by atomic mass is 9.97. The third-order valence-electron chi connectivity index (χ3n) is 6.16. The number of hydrogen-bond acceptors (Lipinski definition) is 3. The quantitative estimate of drug-likeness (QED) is 0.822. The van der Waals surface area contributed by atoms with Crippen LogP contribution in [-0.4, -0.2) is 34.0 Å². The smallest absolute Gasteiger partial charge is 0.223 e. The van der Waals surface area contributed by atoms with Crippen molar-refractivity contribution < 1.29 is 9.53 Å². The van der Waals surface area contributed by atoms with Crippen LogP contribution in [0.3, 0.4) is 0 Å². The first-order chi connectivity index (χ1) is 11.8. The summed E-state index contributed by atoms with van der Waals surface area (Å²) < 4.78 is 6.10. The van der Waals surface area contributed by atoms with E-state index in [1.807, 2.05) is 12.1 Å². The maximum Gasteiger partial charge on any atom is 0.223 e. The number of aromatic nitrogens is 1. The fraction of sp³-hybridized carbons (Fsp3) is 0.700. The van der Waals surface area contributed by atoms with Crippen molar-refractivity contribution in [1.82, 2.24) is 9.88 Å². The Kier molecular flexibility index (Phi) is 4.72. The van der Waals surface area contributed by atoms with E-state index in [0.29, 0.717) is 18.0 Å². The predicted octanol–water partition coefficient (Wildman–Crippen LogP) is 3.95. The maximum absolute atomic E-state index is 12.8. The molecule has 130 valence electrons. The number of piperidine rings is 1. The molecule has 3 aliphatic rings. The van der Waals surface area contributed by atoms with Gasteiger partial charge in [-0.3, -0.25) is 9.78 Å². The van der Waals surface area contributed by atoms with Crippen molar-refractivity contribution in [2.24, 2.45) is 5.92 Å². The van der Waals surface area contributed by atoms with Crippen LogP contribution >= 0.6 is 0 Å². The van der Waals surface area contributed by atoms with Crippen molar-refractivity contribution >= 4 is 5.91 Å². The second-order valence-electron chi connectivity index (χ2n) is 7.78. The van der Waals surface area contributed by atoms with Gasteiger partial charge in [-0.15, -0.1) is 0 Å². The molecule has 2 saturated heterocycles. The van der Waals surface area contributed by atoms with Gasteiger partial charge >= 0.3 is 0 Å². The van der Waals surface area contributed by atoms with Crippen LogP contribution < -0.4 is 4.74 Å². The van der Waals surface area contributed by atoms with E-state index >= 15 is 0 Å². The molecule has 1 aromatic rings. The number of pyridine rings is 1. The molecular formula is C20H28N2O2. The van der Waals surface area contributed by atoms with E-state index in [1.165, 1.54) is 25.7 Å². The largest absolute Gasteiger partial charge is 0.489 e. The minimum absolute atomic E-state index is 0.227. The molecule has 0 spiro atoms. The monoisotopic (exact) mass is 328 g/mol. The molecule has 4 heteroatoms. The van der Waals surface area contributed by atoms with Crippen LogP contribution in [0.25, 0.3) is 0 Å². The van der Waals surface area contributed by atoms with Gasteiger partial charge in [0, 0.05) is 37.5 Å². The van der Waals surface area contributed by atoms with E-state index in [9.17, 15) is 4.79 Å². The number of amides is 1. The molecule has 24 heavy (non-hydrogen) atoms. The molecule has 2 unspecified atom stereocenters. The number of rotatable bonds is 5. The van der Waals surface area contributed by atoms with E-state index in [0.717, 1.165) is 50.2 Å². The van der Waals surface area contributed by atoms with Crippen LogP contribution in [0, 0.1) is 5.92 Å². The predicted molar refractivity (Wildman–Crippen MR) is 92.7 cm³/mol. The van der Waals surface area contributed by atoms with Gasteiger partial charge in [0.2, 0.25) is 5.91 Å². The summed E-state index contributed by atoms with van der Waals surface area (Å²) in [7, 11) is 0. The van der Waals surface area contributed by atoms with Crippen LogP contribution in [0.4, 0.5) is 0 Å². The molecule has 4 nitrogen and oxygen atoms in total. The third-order valence-corrected chi connectivity index (χ3v) is 6.16. The first kappa shape index (κ1) is 15.9. The second kappa shape index (κ2) is 7.12. The molecular weight excluding hydrogens is 300 g/mol. The van der Waals surface area contributed by atoms with E-state index in [4.69, 9.17) is 4.74 Å². The number of nitrogens with zero attached hydrogens (tertiary/aromatic N) is 2. The van der Waals surface area contributed by atoms with Gasteiger partial charge in [0.1, 0.15) is 11.9 Å². The average molecular weight is 328 g/mol. The SMILES string of the molecule is O=C(CCC1CCCC1)N1C2CCC1CC(Oc1cccnc1)C2. The van der Waals surface area contributed by atoms with Crippen LogP contribution in [0.15, 0.2) is 24.5 Å². The Labute approximate surface area is 144 Å². The first-order valence-corrected chi connectivity index (χ1v) is 9.67. The molecule has 2 aliphatic heterocycles. The molecule has 1 amide bonds. The van der Waals surface area contributed by atoms with Gasteiger partial charge in [-0.1, -0.05) is 25.7 Å². The molecule has 2 atom stereocenters. The Bertz CT molecular complexity index is 542. The summed E-state index contributed by atoms with van der Waals surface area (Å²) >= 11 is 0. The summed E-state index contributed by atoms with van der Waals surface area (Å²) in [4.78, 5) is 19.1. The zero-order chi connectivity index (χ0) is 16.4. The summed E-state index contributed by atoms with van der Waals surface area (Å²) in [5.74, 6) is 2.05. The van der Waals surface area contributed by atoms with E-state index < -0.39 is 0 Å². The fourth-order valence-corrected chi connectivity index (χ4v) is 5.00. The number of ether oxygens (including phenoxy) is 1. The van der Waals surface area contributed by atoms with Crippen LogP contribution in [0.5, 0.6) is 5.75 Å². The number of fused-ring (bicyclic) bond motifs is 2. The van der Waals surface area contributed by atoms with Crippen molar-refractivity contribution in [2.75, 3.05) is 0 Å². The highest BCUT2D eigenvalue weighted by atomic mass is 16.5. The van der Waals surface area contributed by atoms with E-state index in [2.05, 4.69) is 9.88 Å². The average Bonchev–Trinajstić information content (AvgIpc) is 3.20. The molecule has 4 rings (SSSR count). The summed E-state index contributed by atoms with van der Waals surface area (Å²) in [5.41, 5.74) is 0. The summed E-state index contributed by atoms with van der Waals surface area (Å²) in [6.45, 7) is 0. The maximum atomic E-state index is 12.8. The van der Waals surface area contributed by atoms with Gasteiger partial charge in [0.15, 0.2) is 0 Å². The van der Waals surface area contributed by atoms with Crippen LogP contribution in [0.1, 0.15) is 64.2 Å². The lowest BCUT2D eigenvalue weighted by Gasteiger charge is -2.39. The molecule has 1 aromatic heterocycles. The highest BCUT2D eigenvalue weighted by molar-refractivity contribution is 5.77. The normalized spacial score (nSPS) is 29.8. The standard InChI is InChI=1S/C20H28N2O2/c23-20(10-7-15-4-1-2-5-15)22-16-8-9-17(22)13-19(12-16)24-18-6-3-11-21-14-18/h3,6,11,14-17,19H,1-2,4-5,7-10,12-13H2. The summed E-state index contributed by atoms with van der Waals surface area (Å²) in [6, 6.07) is 4.66. The van der Waals surface area contributed by atoms with E-state index in [-0.39, 0.29) is 6.10 Å². The topological polar surface area (TPSA) is 42.4 Å². The zero-order valence-electron chi connectivity index (χ0n) is 14.4. The summed E-state index contributed by atoms with van der Waals surface area (Å²) in [6.07, 6.45) is 15.3. The number of hydrogen-bond donors (Lipinski definition) is 0. The Morgan fingerprint density at radius 3 is 2.58 bits per heavy atom. The van der Waals surface area contributed by atoms with Crippen molar-refractivity contribution in [3.05, 3.63) is 24.5 Å². The van der Waals surface area contributed by atoms with Gasteiger partial charge in [0.25, 0.3) is 0 Å². The lowest BCUT2D eigenvalue weighted by molar-refractivity contribution is -0.137. The lowest BCUT2D eigenvalue weighted by Crippen LogP contribution is -2.49. The van der Waals surface area contributed by atoms with Crippen molar-refractivity contribution in [2.45, 2.75) is 82.4 Å². The zero-order valence-corrected chi connectivity index (χ0v) is 14.4. The van der Waals surface area contributed by atoms with E-state index in [1.54, 1.807) is 12.4 Å². The van der Waals surface area contributed by atoms with Crippen LogP contribution in [-0.2, 0) is 4.79 Å². The molecule has 3 heterocycles. The number of carbonyl (C=O) groups excluding carboxylic acids is 1. The minimum atomic E-state index is 0.227. The second-order valence-corrected chi connectivity index (χ2v) is 7.78.